The molecule has 168 valence electrons. The summed E-state index contributed by atoms with van der Waals surface area (Å²) in [4.78, 5) is 26.1. The number of benzene rings is 1. The van der Waals surface area contributed by atoms with Crippen molar-refractivity contribution in [3.8, 4) is 11.5 Å². The fraction of sp³-hybridized carbons (Fsp3) is 0.391. The first-order valence-corrected chi connectivity index (χ1v) is 10.5. The maximum Gasteiger partial charge on any atom is 0.246 e. The number of ether oxygens (including phenoxy) is 2. The Bertz CT molecular complexity index is 1180. The van der Waals surface area contributed by atoms with E-state index in [1.54, 1.807) is 26.4 Å². The van der Waals surface area contributed by atoms with Crippen LogP contribution in [0.5, 0.6) is 11.5 Å². The van der Waals surface area contributed by atoms with Gasteiger partial charge in [-0.2, -0.15) is 5.10 Å². The molecule has 0 aliphatic carbocycles. The molecule has 1 aliphatic heterocycles. The van der Waals surface area contributed by atoms with Gasteiger partial charge in [-0.25, -0.2) is 9.97 Å². The minimum absolute atomic E-state index is 0.0140. The van der Waals surface area contributed by atoms with E-state index in [0.29, 0.717) is 37.7 Å². The molecule has 32 heavy (non-hydrogen) atoms. The molecule has 0 bridgehead atoms. The minimum atomic E-state index is -0.0140. The SMILES string of the molecule is COc1ccc(C=CC(=O)N2CCN(c3nc(C)nc4c(C)nn(C)c34)CC2)cc1OC. The Kier molecular flexibility index (Phi) is 5.98. The van der Waals surface area contributed by atoms with E-state index in [0.717, 1.165) is 33.9 Å². The molecule has 0 atom stereocenters. The lowest BCUT2D eigenvalue weighted by molar-refractivity contribution is -0.126. The highest BCUT2D eigenvalue weighted by Crippen LogP contribution is 2.28. The maximum absolute atomic E-state index is 12.7. The van der Waals surface area contributed by atoms with Crippen LogP contribution in [0.4, 0.5) is 5.82 Å². The van der Waals surface area contributed by atoms with Crippen molar-refractivity contribution >= 4 is 28.8 Å². The largest absolute Gasteiger partial charge is 0.493 e. The summed E-state index contributed by atoms with van der Waals surface area (Å²) >= 11 is 0. The molecule has 2 aromatic heterocycles. The quantitative estimate of drug-likeness (QED) is 0.568. The molecular formula is C23H28N6O3. The first-order valence-electron chi connectivity index (χ1n) is 10.5. The van der Waals surface area contributed by atoms with Crippen LogP contribution >= 0.6 is 0 Å². The Morgan fingerprint density at radius 1 is 1.03 bits per heavy atom. The fourth-order valence-corrected chi connectivity index (χ4v) is 4.01. The second kappa shape index (κ2) is 8.86. The number of anilines is 1. The molecule has 1 aromatic carbocycles. The number of nitrogens with zero attached hydrogens (tertiary/aromatic N) is 6. The van der Waals surface area contributed by atoms with Crippen LogP contribution in [-0.4, -0.2) is 71.0 Å². The van der Waals surface area contributed by atoms with Gasteiger partial charge in [0.2, 0.25) is 5.91 Å². The van der Waals surface area contributed by atoms with Gasteiger partial charge in [-0.1, -0.05) is 6.07 Å². The molecule has 1 saturated heterocycles. The van der Waals surface area contributed by atoms with Crippen molar-refractivity contribution in [3.05, 3.63) is 41.4 Å². The van der Waals surface area contributed by atoms with Crippen molar-refractivity contribution in [1.29, 1.82) is 0 Å². The van der Waals surface area contributed by atoms with Crippen LogP contribution in [0.2, 0.25) is 0 Å². The number of carbonyl (C=O) groups excluding carboxylic acids is 1. The van der Waals surface area contributed by atoms with Crippen LogP contribution in [0.1, 0.15) is 17.1 Å². The highest BCUT2D eigenvalue weighted by Gasteiger charge is 2.24. The van der Waals surface area contributed by atoms with Gasteiger partial charge in [0.15, 0.2) is 17.3 Å². The number of aryl methyl sites for hydroxylation is 3. The number of methoxy groups -OCH3 is 2. The first-order chi connectivity index (χ1) is 15.4. The van der Waals surface area contributed by atoms with Gasteiger partial charge in [0, 0.05) is 39.3 Å². The monoisotopic (exact) mass is 436 g/mol. The van der Waals surface area contributed by atoms with Gasteiger partial charge in [0.05, 0.1) is 19.9 Å². The molecule has 4 rings (SSSR count). The molecule has 0 spiro atoms. The van der Waals surface area contributed by atoms with E-state index in [4.69, 9.17) is 9.47 Å². The summed E-state index contributed by atoms with van der Waals surface area (Å²) in [6, 6.07) is 5.56. The van der Waals surface area contributed by atoms with Gasteiger partial charge in [0.25, 0.3) is 0 Å². The predicted octanol–water partition coefficient (Wildman–Crippen LogP) is 2.36. The summed E-state index contributed by atoms with van der Waals surface area (Å²) in [5.74, 6) is 2.88. The van der Waals surface area contributed by atoms with Crippen molar-refractivity contribution in [2.24, 2.45) is 7.05 Å². The van der Waals surface area contributed by atoms with Crippen LogP contribution in [0.15, 0.2) is 24.3 Å². The average molecular weight is 437 g/mol. The molecular weight excluding hydrogens is 408 g/mol. The normalized spacial score (nSPS) is 14.4. The van der Waals surface area contributed by atoms with Crippen molar-refractivity contribution in [1.82, 2.24) is 24.6 Å². The molecule has 9 nitrogen and oxygen atoms in total. The smallest absolute Gasteiger partial charge is 0.246 e. The van der Waals surface area contributed by atoms with Crippen LogP contribution in [0, 0.1) is 13.8 Å². The minimum Gasteiger partial charge on any atom is -0.493 e. The van der Waals surface area contributed by atoms with Gasteiger partial charge in [-0.3, -0.25) is 9.48 Å². The zero-order chi connectivity index (χ0) is 22.8. The third-order valence-electron chi connectivity index (χ3n) is 5.66. The average Bonchev–Trinajstić information content (AvgIpc) is 3.09. The predicted molar refractivity (Wildman–Crippen MR) is 123 cm³/mol. The van der Waals surface area contributed by atoms with Crippen molar-refractivity contribution < 1.29 is 14.3 Å². The number of piperazine rings is 1. The lowest BCUT2D eigenvalue weighted by atomic mass is 10.2. The van der Waals surface area contributed by atoms with Crippen molar-refractivity contribution in [2.75, 3.05) is 45.3 Å². The summed E-state index contributed by atoms with van der Waals surface area (Å²) in [5, 5.41) is 4.50. The van der Waals surface area contributed by atoms with Crippen LogP contribution in [0.3, 0.4) is 0 Å². The van der Waals surface area contributed by atoms with Gasteiger partial charge >= 0.3 is 0 Å². The highest BCUT2D eigenvalue weighted by molar-refractivity contribution is 5.92. The van der Waals surface area contributed by atoms with E-state index >= 15 is 0 Å². The van der Waals surface area contributed by atoms with Gasteiger partial charge < -0.3 is 19.3 Å². The van der Waals surface area contributed by atoms with Crippen LogP contribution in [-0.2, 0) is 11.8 Å². The van der Waals surface area contributed by atoms with E-state index in [1.165, 1.54) is 0 Å². The number of amides is 1. The molecule has 0 radical (unpaired) electrons. The number of aromatic nitrogens is 4. The van der Waals surface area contributed by atoms with Gasteiger partial charge in [0.1, 0.15) is 16.9 Å². The summed E-state index contributed by atoms with van der Waals surface area (Å²) in [6.45, 7) is 6.50. The van der Waals surface area contributed by atoms with Crippen LogP contribution in [0.25, 0.3) is 17.1 Å². The molecule has 9 heteroatoms. The Hall–Kier alpha value is -3.62. The van der Waals surface area contributed by atoms with E-state index in [9.17, 15) is 4.79 Å². The molecule has 0 saturated carbocycles. The maximum atomic E-state index is 12.7. The summed E-state index contributed by atoms with van der Waals surface area (Å²) in [5.41, 5.74) is 3.58. The fourth-order valence-electron chi connectivity index (χ4n) is 4.01. The molecule has 3 heterocycles. The summed E-state index contributed by atoms with van der Waals surface area (Å²) < 4.78 is 12.4. The van der Waals surface area contributed by atoms with Gasteiger partial charge in [-0.15, -0.1) is 0 Å². The van der Waals surface area contributed by atoms with E-state index < -0.39 is 0 Å². The highest BCUT2D eigenvalue weighted by atomic mass is 16.5. The first kappa shape index (κ1) is 21.6. The molecule has 0 N–H and O–H groups in total. The van der Waals surface area contributed by atoms with Gasteiger partial charge in [-0.05, 0) is 37.6 Å². The number of hydrogen-bond acceptors (Lipinski definition) is 7. The molecule has 1 aliphatic rings. The Morgan fingerprint density at radius 2 is 1.75 bits per heavy atom. The number of rotatable bonds is 5. The topological polar surface area (TPSA) is 85.6 Å². The zero-order valence-electron chi connectivity index (χ0n) is 19.1. The van der Waals surface area contributed by atoms with Crippen molar-refractivity contribution in [2.45, 2.75) is 13.8 Å². The third-order valence-corrected chi connectivity index (χ3v) is 5.66. The second-order valence-electron chi connectivity index (χ2n) is 7.76. The molecule has 1 fully saturated rings. The Morgan fingerprint density at radius 3 is 2.44 bits per heavy atom. The lowest BCUT2D eigenvalue weighted by Gasteiger charge is -2.35. The third kappa shape index (κ3) is 4.10. The molecule has 3 aromatic rings. The van der Waals surface area contributed by atoms with E-state index in [2.05, 4.69) is 20.0 Å². The summed E-state index contributed by atoms with van der Waals surface area (Å²) in [6.07, 6.45) is 3.40. The number of carbonyl (C=O) groups is 1. The zero-order valence-corrected chi connectivity index (χ0v) is 19.1. The van der Waals surface area contributed by atoms with Crippen LogP contribution < -0.4 is 14.4 Å². The van der Waals surface area contributed by atoms with E-state index in [-0.39, 0.29) is 5.91 Å². The number of fused-ring (bicyclic) bond motifs is 1. The lowest BCUT2D eigenvalue weighted by Crippen LogP contribution is -2.48. The number of hydrogen-bond donors (Lipinski definition) is 0. The molecule has 0 unspecified atom stereocenters. The molecule has 1 amide bonds. The Labute approximate surface area is 187 Å². The second-order valence-corrected chi connectivity index (χ2v) is 7.76. The Balaban J connectivity index is 1.45. The standard InChI is InChI=1S/C23H28N6O3/c1-15-21-22(27(3)26-15)23(25-16(2)24-21)29-12-10-28(11-13-29)20(30)9-7-17-6-8-18(31-4)19(14-17)32-5/h6-9,14H,10-13H2,1-5H3. The summed E-state index contributed by atoms with van der Waals surface area (Å²) in [7, 11) is 5.10. The van der Waals surface area contributed by atoms with E-state index in [1.807, 2.05) is 48.7 Å². The van der Waals surface area contributed by atoms with Crippen molar-refractivity contribution in [3.63, 3.8) is 0 Å².